The van der Waals surface area contributed by atoms with E-state index in [1.807, 2.05) is 0 Å². The zero-order valence-electron chi connectivity index (χ0n) is 18.8. The van der Waals surface area contributed by atoms with E-state index < -0.39 is 0 Å². The van der Waals surface area contributed by atoms with Gasteiger partial charge >= 0.3 is 6.09 Å². The van der Waals surface area contributed by atoms with Crippen LogP contribution in [0.3, 0.4) is 0 Å². The lowest BCUT2D eigenvalue weighted by Crippen LogP contribution is -2.56. The lowest BCUT2D eigenvalue weighted by Gasteiger charge is -2.42. The van der Waals surface area contributed by atoms with Gasteiger partial charge in [0, 0.05) is 19.2 Å². The van der Waals surface area contributed by atoms with Gasteiger partial charge in [-0.2, -0.15) is 0 Å². The first-order valence-electron chi connectivity index (χ1n) is 11.5. The smallest absolute Gasteiger partial charge is 0.407 e. The summed E-state index contributed by atoms with van der Waals surface area (Å²) in [5.41, 5.74) is 6.74. The first-order valence-corrected chi connectivity index (χ1v) is 11.5. The second-order valence-corrected chi connectivity index (χ2v) is 10.1. The minimum absolute atomic E-state index is 0.0461. The van der Waals surface area contributed by atoms with Gasteiger partial charge in [-0.15, -0.1) is 0 Å². The van der Waals surface area contributed by atoms with Crippen molar-refractivity contribution >= 4 is 6.09 Å². The van der Waals surface area contributed by atoms with Crippen LogP contribution in [0.4, 0.5) is 4.79 Å². The average Bonchev–Trinajstić information content (AvgIpc) is 3.61. The standard InChI is InChI=1S/C23H38N2O5/c1-14(2)5-10-18-22(3,30-18)20-19(27-4)17(11-12-23(20)13-28-23)29-21(26)25-16-8-6-15(24)7-9-16/h5,15-20H,6-13,24H2,1-4H3,(H,25,26)/t15-,16+,17?,18-,19?,20?,22-,23+/m1/s1. The number of allylic oxidation sites excluding steroid dienone is 1. The molecule has 2 heterocycles. The predicted octanol–water partition coefficient (Wildman–Crippen LogP) is 3.06. The van der Waals surface area contributed by atoms with Gasteiger partial charge in [-0.25, -0.2) is 4.79 Å². The third-order valence-corrected chi connectivity index (χ3v) is 7.59. The van der Waals surface area contributed by atoms with E-state index in [-0.39, 0.29) is 53.6 Å². The molecule has 0 aromatic rings. The summed E-state index contributed by atoms with van der Waals surface area (Å²) in [6, 6.07) is 0.401. The average molecular weight is 423 g/mol. The number of epoxide rings is 2. The maximum Gasteiger partial charge on any atom is 0.407 e. The molecule has 4 aliphatic rings. The largest absolute Gasteiger partial charge is 0.443 e. The van der Waals surface area contributed by atoms with Crippen molar-refractivity contribution < 1.29 is 23.7 Å². The highest BCUT2D eigenvalue weighted by Crippen LogP contribution is 2.59. The van der Waals surface area contributed by atoms with Crippen molar-refractivity contribution in [3.63, 3.8) is 0 Å². The Morgan fingerprint density at radius 2 is 1.93 bits per heavy atom. The normalized spacial score (nSPS) is 45.0. The first kappa shape index (κ1) is 22.1. The van der Waals surface area contributed by atoms with Crippen LogP contribution in [0.1, 0.15) is 65.7 Å². The van der Waals surface area contributed by atoms with E-state index in [2.05, 4.69) is 32.2 Å². The Hall–Kier alpha value is -1.15. The Morgan fingerprint density at radius 3 is 2.53 bits per heavy atom. The molecule has 30 heavy (non-hydrogen) atoms. The molecule has 0 aromatic heterocycles. The van der Waals surface area contributed by atoms with E-state index in [0.717, 1.165) is 51.6 Å². The summed E-state index contributed by atoms with van der Waals surface area (Å²) in [6.45, 7) is 7.09. The van der Waals surface area contributed by atoms with Gasteiger partial charge in [0.05, 0.1) is 18.6 Å². The van der Waals surface area contributed by atoms with Crippen molar-refractivity contribution in [1.29, 1.82) is 0 Å². The van der Waals surface area contributed by atoms with Crippen molar-refractivity contribution in [3.8, 4) is 0 Å². The number of amides is 1. The SMILES string of the molecule is COC1C(OC(=O)N[C@H]2CC[C@@H](N)CC2)CC[C@]2(CO2)C1[C@]1(C)O[C@@H]1CC=C(C)C. The van der Waals surface area contributed by atoms with Crippen molar-refractivity contribution in [2.75, 3.05) is 13.7 Å². The monoisotopic (exact) mass is 422 g/mol. The molecule has 3 N–H and O–H groups in total. The van der Waals surface area contributed by atoms with Gasteiger partial charge in [0.2, 0.25) is 0 Å². The third kappa shape index (κ3) is 4.40. The Labute approximate surface area is 180 Å². The zero-order chi connectivity index (χ0) is 21.5. The van der Waals surface area contributed by atoms with Gasteiger partial charge in [-0.05, 0) is 65.7 Å². The van der Waals surface area contributed by atoms with Crippen LogP contribution in [0.5, 0.6) is 0 Å². The number of alkyl carbamates (subject to hydrolysis) is 1. The fraction of sp³-hybridized carbons (Fsp3) is 0.870. The van der Waals surface area contributed by atoms with Gasteiger partial charge in [-0.3, -0.25) is 0 Å². The second kappa shape index (κ2) is 8.41. The zero-order valence-corrected chi connectivity index (χ0v) is 18.8. The Kier molecular flexibility index (Phi) is 6.19. The van der Waals surface area contributed by atoms with Crippen LogP contribution < -0.4 is 11.1 Å². The molecule has 0 radical (unpaired) electrons. The van der Waals surface area contributed by atoms with Crippen LogP contribution in [0, 0.1) is 5.92 Å². The number of carbonyl (C=O) groups excluding carboxylic acids is 1. The lowest BCUT2D eigenvalue weighted by molar-refractivity contribution is -0.118. The highest BCUT2D eigenvalue weighted by molar-refractivity contribution is 5.68. The fourth-order valence-corrected chi connectivity index (χ4v) is 5.67. The molecule has 1 spiro atoms. The number of ether oxygens (including phenoxy) is 4. The van der Waals surface area contributed by atoms with Gasteiger partial charge in [0.25, 0.3) is 0 Å². The summed E-state index contributed by atoms with van der Waals surface area (Å²) in [5.74, 6) is 0.0461. The molecular formula is C23H38N2O5. The van der Waals surface area contributed by atoms with E-state index in [9.17, 15) is 4.79 Å². The van der Waals surface area contributed by atoms with Gasteiger partial charge in [0.15, 0.2) is 0 Å². The molecule has 3 unspecified atom stereocenters. The second-order valence-electron chi connectivity index (χ2n) is 10.1. The molecule has 2 saturated heterocycles. The molecule has 0 aromatic carbocycles. The van der Waals surface area contributed by atoms with E-state index in [1.165, 1.54) is 5.57 Å². The number of nitrogens with one attached hydrogen (secondary N) is 1. The van der Waals surface area contributed by atoms with Gasteiger partial charge in [-0.1, -0.05) is 11.6 Å². The molecule has 2 saturated carbocycles. The molecule has 6 atom stereocenters. The maximum atomic E-state index is 12.6. The van der Waals surface area contributed by atoms with Gasteiger partial charge in [0.1, 0.15) is 23.4 Å². The Morgan fingerprint density at radius 1 is 1.23 bits per heavy atom. The summed E-state index contributed by atoms with van der Waals surface area (Å²) < 4.78 is 24.0. The highest BCUT2D eigenvalue weighted by Gasteiger charge is 2.72. The van der Waals surface area contributed by atoms with Crippen LogP contribution in [-0.2, 0) is 18.9 Å². The molecule has 7 nitrogen and oxygen atoms in total. The van der Waals surface area contributed by atoms with Crippen LogP contribution in [-0.4, -0.2) is 61.4 Å². The molecule has 4 rings (SSSR count). The van der Waals surface area contributed by atoms with E-state index in [0.29, 0.717) is 0 Å². The number of methoxy groups -OCH3 is 1. The van der Waals surface area contributed by atoms with Crippen molar-refractivity contribution in [2.45, 2.75) is 107 Å². The molecule has 0 bridgehead atoms. The molecule has 4 fully saturated rings. The summed E-state index contributed by atoms with van der Waals surface area (Å²) in [5, 5.41) is 3.04. The Bertz CT molecular complexity index is 667. The number of carbonyl (C=O) groups is 1. The maximum absolute atomic E-state index is 12.6. The van der Waals surface area contributed by atoms with Crippen LogP contribution in [0.2, 0.25) is 0 Å². The van der Waals surface area contributed by atoms with E-state index in [1.54, 1.807) is 7.11 Å². The number of rotatable bonds is 6. The summed E-state index contributed by atoms with van der Waals surface area (Å²) >= 11 is 0. The number of hydrogen-bond donors (Lipinski definition) is 2. The minimum atomic E-state index is -0.350. The highest BCUT2D eigenvalue weighted by atomic mass is 16.6. The van der Waals surface area contributed by atoms with Crippen LogP contribution >= 0.6 is 0 Å². The summed E-state index contributed by atoms with van der Waals surface area (Å²) in [7, 11) is 1.70. The Balaban J connectivity index is 1.40. The number of hydrogen-bond acceptors (Lipinski definition) is 6. The quantitative estimate of drug-likeness (QED) is 0.504. The summed E-state index contributed by atoms with van der Waals surface area (Å²) in [6.07, 6.45) is 7.68. The molecule has 1 amide bonds. The van der Waals surface area contributed by atoms with Crippen LogP contribution in [0.15, 0.2) is 11.6 Å². The molecule has 2 aliphatic carbocycles. The predicted molar refractivity (Wildman–Crippen MR) is 113 cm³/mol. The van der Waals surface area contributed by atoms with Crippen molar-refractivity contribution in [1.82, 2.24) is 5.32 Å². The third-order valence-electron chi connectivity index (χ3n) is 7.59. The molecule has 170 valence electrons. The minimum Gasteiger partial charge on any atom is -0.443 e. The van der Waals surface area contributed by atoms with E-state index in [4.69, 9.17) is 24.7 Å². The topological polar surface area (TPSA) is 98.6 Å². The van der Waals surface area contributed by atoms with Gasteiger partial charge < -0.3 is 30.0 Å². The van der Waals surface area contributed by atoms with Crippen molar-refractivity contribution in [3.05, 3.63) is 11.6 Å². The van der Waals surface area contributed by atoms with E-state index >= 15 is 0 Å². The molecule has 7 heteroatoms. The fourth-order valence-electron chi connectivity index (χ4n) is 5.67. The van der Waals surface area contributed by atoms with Crippen molar-refractivity contribution in [2.24, 2.45) is 11.7 Å². The summed E-state index contributed by atoms with van der Waals surface area (Å²) in [4.78, 5) is 12.6. The van der Waals surface area contributed by atoms with Crippen LogP contribution in [0.25, 0.3) is 0 Å². The molecule has 2 aliphatic heterocycles. The number of nitrogens with two attached hydrogens (primary N) is 1. The first-order chi connectivity index (χ1) is 14.3. The molecular weight excluding hydrogens is 384 g/mol. The lowest BCUT2D eigenvalue weighted by atomic mass is 9.68.